The highest BCUT2D eigenvalue weighted by Crippen LogP contribution is 2.24. The van der Waals surface area contributed by atoms with E-state index in [2.05, 4.69) is 34.2 Å². The fraction of sp³-hybridized carbons (Fsp3) is 0.667. The highest BCUT2D eigenvalue weighted by Gasteiger charge is 2.21. The predicted octanol–water partition coefficient (Wildman–Crippen LogP) is 2.29. The Balaban J connectivity index is 1.96. The van der Waals surface area contributed by atoms with Gasteiger partial charge in [-0.1, -0.05) is 13.3 Å². The van der Waals surface area contributed by atoms with E-state index in [1.807, 2.05) is 6.07 Å². The fourth-order valence-corrected chi connectivity index (χ4v) is 1.58. The lowest BCUT2D eigenvalue weighted by Crippen LogP contribution is -2.20. The van der Waals surface area contributed by atoms with Crippen LogP contribution in [0.15, 0.2) is 12.4 Å². The molecule has 0 atom stereocenters. The maximum Gasteiger partial charge on any atom is 0.133 e. The van der Waals surface area contributed by atoms with Gasteiger partial charge in [-0.25, -0.2) is 9.97 Å². The molecule has 1 N–H and O–H groups in total. The molecule has 4 heteroatoms. The summed E-state index contributed by atoms with van der Waals surface area (Å²) in [7, 11) is 2.08. The molecule has 1 saturated carbocycles. The Morgan fingerprint density at radius 2 is 2.25 bits per heavy atom. The van der Waals surface area contributed by atoms with Gasteiger partial charge in [0.25, 0.3) is 0 Å². The molecule has 1 fully saturated rings. The summed E-state index contributed by atoms with van der Waals surface area (Å²) in [6.45, 7) is 3.25. The molecule has 1 aliphatic carbocycles. The summed E-state index contributed by atoms with van der Waals surface area (Å²) in [5, 5.41) is 3.39. The van der Waals surface area contributed by atoms with Crippen LogP contribution in [-0.2, 0) is 0 Å². The number of unbranched alkanes of at least 4 members (excludes halogenated alkanes) is 1. The Morgan fingerprint density at radius 3 is 2.94 bits per heavy atom. The van der Waals surface area contributed by atoms with E-state index < -0.39 is 0 Å². The zero-order chi connectivity index (χ0) is 11.4. The Kier molecular flexibility index (Phi) is 3.59. The average molecular weight is 220 g/mol. The minimum absolute atomic E-state index is 0.642. The Morgan fingerprint density at radius 1 is 1.44 bits per heavy atom. The molecule has 1 aliphatic rings. The summed E-state index contributed by atoms with van der Waals surface area (Å²) < 4.78 is 0. The van der Waals surface area contributed by atoms with Crippen LogP contribution in [0.25, 0.3) is 0 Å². The van der Waals surface area contributed by atoms with Gasteiger partial charge in [-0.2, -0.15) is 0 Å². The van der Waals surface area contributed by atoms with Gasteiger partial charge in [0.15, 0.2) is 0 Å². The fourth-order valence-electron chi connectivity index (χ4n) is 1.58. The molecule has 0 amide bonds. The summed E-state index contributed by atoms with van der Waals surface area (Å²) >= 11 is 0. The number of hydrogen-bond donors (Lipinski definition) is 1. The van der Waals surface area contributed by atoms with Gasteiger partial charge in [-0.15, -0.1) is 0 Å². The normalized spacial score (nSPS) is 14.9. The smallest absolute Gasteiger partial charge is 0.133 e. The summed E-state index contributed by atoms with van der Waals surface area (Å²) in [5.74, 6) is 1.96. The van der Waals surface area contributed by atoms with Crippen LogP contribution < -0.4 is 10.2 Å². The third kappa shape index (κ3) is 3.08. The van der Waals surface area contributed by atoms with Crippen LogP contribution in [0.1, 0.15) is 32.6 Å². The summed E-state index contributed by atoms with van der Waals surface area (Å²) in [6.07, 6.45) is 6.59. The van der Waals surface area contributed by atoms with Gasteiger partial charge in [0, 0.05) is 25.7 Å². The molecular formula is C12H20N4. The summed E-state index contributed by atoms with van der Waals surface area (Å²) in [6, 6.07) is 2.68. The molecule has 1 aromatic rings. The lowest BCUT2D eigenvalue weighted by molar-refractivity contribution is 0.758. The molecule has 0 saturated heterocycles. The van der Waals surface area contributed by atoms with Crippen LogP contribution in [0.5, 0.6) is 0 Å². The summed E-state index contributed by atoms with van der Waals surface area (Å²) in [4.78, 5) is 10.7. The number of rotatable bonds is 6. The van der Waals surface area contributed by atoms with E-state index in [9.17, 15) is 0 Å². The zero-order valence-corrected chi connectivity index (χ0v) is 10.1. The van der Waals surface area contributed by atoms with Crippen molar-refractivity contribution in [1.29, 1.82) is 0 Å². The maximum atomic E-state index is 4.29. The molecule has 88 valence electrons. The molecule has 1 heterocycles. The predicted molar refractivity (Wildman–Crippen MR) is 66.9 cm³/mol. The molecule has 0 unspecified atom stereocenters. The van der Waals surface area contributed by atoms with Crippen molar-refractivity contribution < 1.29 is 0 Å². The van der Waals surface area contributed by atoms with Crippen LogP contribution >= 0.6 is 0 Å². The van der Waals surface area contributed by atoms with E-state index in [0.717, 1.165) is 18.2 Å². The van der Waals surface area contributed by atoms with E-state index in [0.29, 0.717) is 6.04 Å². The van der Waals surface area contributed by atoms with Crippen LogP contribution in [0.2, 0.25) is 0 Å². The lowest BCUT2D eigenvalue weighted by Gasteiger charge is -2.18. The number of nitrogens with one attached hydrogen (secondary N) is 1. The number of hydrogen-bond acceptors (Lipinski definition) is 4. The van der Waals surface area contributed by atoms with Crippen LogP contribution in [-0.4, -0.2) is 29.6 Å². The van der Waals surface area contributed by atoms with Gasteiger partial charge >= 0.3 is 0 Å². The molecule has 0 radical (unpaired) electrons. The first-order valence-corrected chi connectivity index (χ1v) is 6.09. The minimum atomic E-state index is 0.642. The van der Waals surface area contributed by atoms with Crippen molar-refractivity contribution in [2.45, 2.75) is 38.6 Å². The second-order valence-corrected chi connectivity index (χ2v) is 4.46. The van der Waals surface area contributed by atoms with Gasteiger partial charge < -0.3 is 10.2 Å². The number of aromatic nitrogens is 2. The Labute approximate surface area is 97.1 Å². The van der Waals surface area contributed by atoms with E-state index in [-0.39, 0.29) is 0 Å². The Hall–Kier alpha value is -1.32. The van der Waals surface area contributed by atoms with Crippen LogP contribution in [0, 0.1) is 0 Å². The highest BCUT2D eigenvalue weighted by atomic mass is 15.2. The van der Waals surface area contributed by atoms with Gasteiger partial charge in [0.2, 0.25) is 0 Å². The van der Waals surface area contributed by atoms with E-state index >= 15 is 0 Å². The SMILES string of the molecule is CCCCN(C)c1cc(NC2CC2)ncn1. The van der Waals surface area contributed by atoms with Crippen molar-refractivity contribution in [2.24, 2.45) is 0 Å². The monoisotopic (exact) mass is 220 g/mol. The van der Waals surface area contributed by atoms with Gasteiger partial charge in [-0.05, 0) is 19.3 Å². The third-order valence-electron chi connectivity index (χ3n) is 2.82. The number of nitrogens with zero attached hydrogens (tertiary/aromatic N) is 3. The van der Waals surface area contributed by atoms with Crippen molar-refractivity contribution in [1.82, 2.24) is 9.97 Å². The van der Waals surface area contributed by atoms with Crippen molar-refractivity contribution in [3.8, 4) is 0 Å². The first-order valence-electron chi connectivity index (χ1n) is 6.09. The van der Waals surface area contributed by atoms with Crippen LogP contribution in [0.3, 0.4) is 0 Å². The van der Waals surface area contributed by atoms with Crippen molar-refractivity contribution >= 4 is 11.6 Å². The van der Waals surface area contributed by atoms with E-state index in [4.69, 9.17) is 0 Å². The first-order chi connectivity index (χ1) is 7.79. The molecule has 0 aromatic carbocycles. The van der Waals surface area contributed by atoms with Gasteiger partial charge in [-0.3, -0.25) is 0 Å². The molecular weight excluding hydrogens is 200 g/mol. The number of anilines is 2. The second kappa shape index (κ2) is 5.14. The van der Waals surface area contributed by atoms with Crippen molar-refractivity contribution in [3.05, 3.63) is 12.4 Å². The second-order valence-electron chi connectivity index (χ2n) is 4.46. The summed E-state index contributed by atoms with van der Waals surface area (Å²) in [5.41, 5.74) is 0. The molecule has 0 spiro atoms. The van der Waals surface area contributed by atoms with E-state index in [1.165, 1.54) is 25.7 Å². The third-order valence-corrected chi connectivity index (χ3v) is 2.82. The molecule has 2 rings (SSSR count). The standard InChI is InChI=1S/C12H20N4/c1-3-4-7-16(2)12-8-11(13-9-14-12)15-10-5-6-10/h8-10H,3-7H2,1-2H3,(H,13,14,15). The first kappa shape index (κ1) is 11.2. The largest absolute Gasteiger partial charge is 0.367 e. The van der Waals surface area contributed by atoms with Gasteiger partial charge in [0.1, 0.15) is 18.0 Å². The minimum Gasteiger partial charge on any atom is -0.367 e. The topological polar surface area (TPSA) is 41.0 Å². The maximum absolute atomic E-state index is 4.29. The molecule has 0 bridgehead atoms. The highest BCUT2D eigenvalue weighted by molar-refractivity contribution is 5.48. The van der Waals surface area contributed by atoms with Crippen molar-refractivity contribution in [3.63, 3.8) is 0 Å². The van der Waals surface area contributed by atoms with E-state index in [1.54, 1.807) is 6.33 Å². The lowest BCUT2D eigenvalue weighted by atomic mass is 10.3. The Bertz CT molecular complexity index is 336. The molecule has 1 aromatic heterocycles. The average Bonchev–Trinajstić information content (AvgIpc) is 3.10. The molecule has 16 heavy (non-hydrogen) atoms. The molecule has 4 nitrogen and oxygen atoms in total. The van der Waals surface area contributed by atoms with Crippen molar-refractivity contribution in [2.75, 3.05) is 23.8 Å². The van der Waals surface area contributed by atoms with Crippen LogP contribution in [0.4, 0.5) is 11.6 Å². The zero-order valence-electron chi connectivity index (χ0n) is 10.1. The molecule has 0 aliphatic heterocycles. The quantitative estimate of drug-likeness (QED) is 0.798. The van der Waals surface area contributed by atoms with Gasteiger partial charge in [0.05, 0.1) is 0 Å².